The number of hydrogen-bond acceptors (Lipinski definition) is 2. The van der Waals surface area contributed by atoms with Crippen molar-refractivity contribution in [3.05, 3.63) is 24.3 Å². The molecular formula is C14H20N5O+. The van der Waals surface area contributed by atoms with Gasteiger partial charge in [0.1, 0.15) is 0 Å². The van der Waals surface area contributed by atoms with Crippen LogP contribution in [0, 0.1) is 0 Å². The average molecular weight is 274 g/mol. The van der Waals surface area contributed by atoms with Crippen LogP contribution in [0.3, 0.4) is 0 Å². The fourth-order valence-electron chi connectivity index (χ4n) is 2.22. The van der Waals surface area contributed by atoms with Crippen molar-refractivity contribution in [3.63, 3.8) is 0 Å². The number of para-hydroxylation sites is 1. The zero-order valence-electron chi connectivity index (χ0n) is 11.6. The van der Waals surface area contributed by atoms with Crippen LogP contribution in [0.5, 0.6) is 5.88 Å². The fourth-order valence-corrected chi connectivity index (χ4v) is 2.22. The molecule has 1 aromatic carbocycles. The van der Waals surface area contributed by atoms with Gasteiger partial charge in [-0.2, -0.15) is 0 Å². The minimum Gasteiger partial charge on any atom is -0.493 e. The maximum Gasteiger partial charge on any atom is 0.403 e. The lowest BCUT2D eigenvalue weighted by Crippen LogP contribution is -2.43. The van der Waals surface area contributed by atoms with E-state index in [0.717, 1.165) is 36.7 Å². The third kappa shape index (κ3) is 2.79. The van der Waals surface area contributed by atoms with E-state index in [1.807, 2.05) is 28.8 Å². The number of rotatable bonds is 5. The van der Waals surface area contributed by atoms with Gasteiger partial charge in [-0.1, -0.05) is 43.1 Å². The third-order valence-electron chi connectivity index (χ3n) is 3.17. The summed E-state index contributed by atoms with van der Waals surface area (Å²) in [5.74, 6) is -0.0282. The van der Waals surface area contributed by atoms with Crippen LogP contribution in [0.1, 0.15) is 26.2 Å². The highest BCUT2D eigenvalue weighted by Gasteiger charge is 2.17. The molecule has 106 valence electrons. The van der Waals surface area contributed by atoms with Gasteiger partial charge in [-0.3, -0.25) is 11.1 Å². The molecule has 0 aliphatic carbocycles. The van der Waals surface area contributed by atoms with Crippen molar-refractivity contribution in [1.29, 1.82) is 0 Å². The molecule has 2 rings (SSSR count). The van der Waals surface area contributed by atoms with Gasteiger partial charge in [-0.05, 0) is 12.5 Å². The molecule has 0 fully saturated rings. The van der Waals surface area contributed by atoms with Crippen molar-refractivity contribution in [2.45, 2.75) is 32.7 Å². The molecule has 0 radical (unpaired) electrons. The number of aromatic nitrogens is 1. The Morgan fingerprint density at radius 3 is 2.80 bits per heavy atom. The summed E-state index contributed by atoms with van der Waals surface area (Å²) in [6, 6.07) is 7.68. The number of aromatic hydroxyl groups is 1. The predicted octanol–water partition coefficient (Wildman–Crippen LogP) is 1.69. The number of unbranched alkanes of at least 4 members (excludes halogenated alkanes) is 2. The molecular weight excluding hydrogens is 254 g/mol. The summed E-state index contributed by atoms with van der Waals surface area (Å²) in [5, 5.41) is 24.1. The zero-order valence-corrected chi connectivity index (χ0v) is 11.6. The van der Waals surface area contributed by atoms with Crippen LogP contribution >= 0.6 is 0 Å². The first kappa shape index (κ1) is 14.0. The largest absolute Gasteiger partial charge is 0.493 e. The minimum absolute atomic E-state index is 0.104. The molecule has 2 aromatic rings. The molecule has 0 unspecified atom stereocenters. The van der Waals surface area contributed by atoms with Crippen molar-refractivity contribution >= 4 is 22.5 Å². The van der Waals surface area contributed by atoms with Gasteiger partial charge in [0.15, 0.2) is 5.69 Å². The number of fused-ring (bicyclic) bond motifs is 1. The highest BCUT2D eigenvalue weighted by molar-refractivity contribution is 5.95. The van der Waals surface area contributed by atoms with Crippen LogP contribution in [0.25, 0.3) is 10.9 Å². The van der Waals surface area contributed by atoms with Crippen molar-refractivity contribution in [3.8, 4) is 5.88 Å². The van der Waals surface area contributed by atoms with E-state index < -0.39 is 0 Å². The van der Waals surface area contributed by atoms with Gasteiger partial charge < -0.3 is 9.67 Å². The number of aryl methyl sites for hydroxylation is 1. The molecule has 0 aliphatic heterocycles. The molecule has 1 aromatic heterocycles. The van der Waals surface area contributed by atoms with Crippen LogP contribution in [-0.4, -0.2) is 15.6 Å². The second kappa shape index (κ2) is 6.18. The predicted molar refractivity (Wildman–Crippen MR) is 78.8 cm³/mol. The van der Waals surface area contributed by atoms with Crippen LogP contribution in [0.2, 0.25) is 0 Å². The van der Waals surface area contributed by atoms with E-state index in [-0.39, 0.29) is 11.8 Å². The highest BCUT2D eigenvalue weighted by Crippen LogP contribution is 2.38. The van der Waals surface area contributed by atoms with E-state index in [1.54, 1.807) is 0 Å². The van der Waals surface area contributed by atoms with Crippen LogP contribution < -0.4 is 11.1 Å². The minimum atomic E-state index is -0.132. The Hall–Kier alpha value is -2.37. The number of hydrogen-bond donors (Lipinski definition) is 3. The summed E-state index contributed by atoms with van der Waals surface area (Å²) in [6.07, 6.45) is 3.25. The van der Waals surface area contributed by atoms with Gasteiger partial charge in [0, 0.05) is 17.0 Å². The maximum atomic E-state index is 10.3. The number of azo groups is 1. The summed E-state index contributed by atoms with van der Waals surface area (Å²) in [6.45, 7) is 2.89. The molecule has 1 heterocycles. The number of nitrogens with zero attached hydrogens (tertiary/aromatic N) is 3. The second-order valence-corrected chi connectivity index (χ2v) is 4.67. The molecule has 0 atom stereocenters. The van der Waals surface area contributed by atoms with Crippen molar-refractivity contribution in [2.75, 3.05) is 0 Å². The topological polar surface area (TPSA) is 101 Å². The third-order valence-corrected chi connectivity index (χ3v) is 3.17. The van der Waals surface area contributed by atoms with Crippen molar-refractivity contribution in [1.82, 2.24) is 4.57 Å². The molecule has 0 saturated heterocycles. The lowest BCUT2D eigenvalue weighted by molar-refractivity contribution is -0.117. The lowest BCUT2D eigenvalue weighted by atomic mass is 10.2. The first-order valence-electron chi connectivity index (χ1n) is 6.75. The Bertz CT molecular complexity index is 644. The Kier molecular flexibility index (Phi) is 4.34. The molecule has 0 spiro atoms. The molecule has 6 nitrogen and oxygen atoms in total. The number of guanidine groups is 1. The maximum absolute atomic E-state index is 10.3. The molecule has 0 amide bonds. The Balaban J connectivity index is 2.46. The van der Waals surface area contributed by atoms with E-state index in [2.05, 4.69) is 17.2 Å². The van der Waals surface area contributed by atoms with Crippen LogP contribution in [0.15, 0.2) is 34.5 Å². The van der Waals surface area contributed by atoms with E-state index in [4.69, 9.17) is 11.1 Å². The molecule has 0 saturated carbocycles. The summed E-state index contributed by atoms with van der Waals surface area (Å²) in [7, 11) is 0. The van der Waals surface area contributed by atoms with E-state index in [1.165, 1.54) is 0 Å². The van der Waals surface area contributed by atoms with E-state index >= 15 is 0 Å². The van der Waals surface area contributed by atoms with Crippen LogP contribution in [0.4, 0.5) is 5.69 Å². The Morgan fingerprint density at radius 2 is 2.10 bits per heavy atom. The van der Waals surface area contributed by atoms with Crippen molar-refractivity contribution in [2.24, 2.45) is 16.0 Å². The SMILES string of the molecule is CCCCCn1c(O)c(N=NC(N)=[NH2+])c2ccccc21. The zero-order chi connectivity index (χ0) is 14.5. The Labute approximate surface area is 117 Å². The number of nitrogens with two attached hydrogens (primary N) is 2. The molecule has 0 bridgehead atoms. The monoisotopic (exact) mass is 274 g/mol. The molecule has 5 N–H and O–H groups in total. The lowest BCUT2D eigenvalue weighted by Gasteiger charge is -2.05. The molecule has 20 heavy (non-hydrogen) atoms. The standard InChI is InChI=1S/C14H19N5O/c1-2-3-6-9-19-11-8-5-4-7-10(11)12(13(19)20)17-18-14(15)16/h4-5,7-8,20H,2-3,6,9H2,1H3,(H3,15,16)/p+1. The van der Waals surface area contributed by atoms with Crippen LogP contribution in [-0.2, 0) is 6.54 Å². The summed E-state index contributed by atoms with van der Waals surface area (Å²) < 4.78 is 1.85. The average Bonchev–Trinajstić information content (AvgIpc) is 2.70. The van der Waals surface area contributed by atoms with Gasteiger partial charge in [0.2, 0.25) is 5.88 Å². The number of benzene rings is 1. The smallest absolute Gasteiger partial charge is 0.403 e. The quantitative estimate of drug-likeness (QED) is 0.334. The van der Waals surface area contributed by atoms with E-state index in [9.17, 15) is 5.11 Å². The molecule has 6 heteroatoms. The first-order chi connectivity index (χ1) is 9.65. The van der Waals surface area contributed by atoms with Gasteiger partial charge in [-0.25, -0.2) is 0 Å². The van der Waals surface area contributed by atoms with Gasteiger partial charge in [-0.15, -0.1) is 0 Å². The summed E-state index contributed by atoms with van der Waals surface area (Å²) in [4.78, 5) is 0. The van der Waals surface area contributed by atoms with E-state index in [0.29, 0.717) is 5.69 Å². The van der Waals surface area contributed by atoms with Gasteiger partial charge in [0.05, 0.1) is 5.52 Å². The Morgan fingerprint density at radius 1 is 1.35 bits per heavy atom. The van der Waals surface area contributed by atoms with Crippen molar-refractivity contribution < 1.29 is 10.5 Å². The second-order valence-electron chi connectivity index (χ2n) is 4.67. The normalized spacial score (nSPS) is 11.4. The highest BCUT2D eigenvalue weighted by atomic mass is 16.3. The fraction of sp³-hybridized carbons (Fsp3) is 0.357. The summed E-state index contributed by atoms with van der Waals surface area (Å²) >= 11 is 0. The van der Waals surface area contributed by atoms with Gasteiger partial charge >= 0.3 is 5.96 Å². The molecule has 0 aliphatic rings. The van der Waals surface area contributed by atoms with Gasteiger partial charge in [0.25, 0.3) is 0 Å². The first-order valence-corrected chi connectivity index (χ1v) is 6.75. The summed E-state index contributed by atoms with van der Waals surface area (Å²) in [5.41, 5.74) is 6.63.